The number of hydrogen-bond donors (Lipinski definition) is 8. The summed E-state index contributed by atoms with van der Waals surface area (Å²) in [6, 6.07) is 6.76. The Labute approximate surface area is 289 Å². The van der Waals surface area contributed by atoms with Crippen molar-refractivity contribution in [2.45, 2.75) is 50.2 Å². The molecule has 0 saturated heterocycles. The van der Waals surface area contributed by atoms with Crippen LogP contribution in [0.15, 0.2) is 41.5 Å². The number of ether oxygens (including phenoxy) is 2. The van der Waals surface area contributed by atoms with Gasteiger partial charge in [-0.3, -0.25) is 29.0 Å². The molecule has 3 rings (SSSR count). The molecule has 2 heterocycles. The monoisotopic (exact) mass is 700 g/mol. The lowest BCUT2D eigenvalue weighted by Gasteiger charge is -2.23. The predicted molar refractivity (Wildman–Crippen MR) is 181 cm³/mol. The highest BCUT2D eigenvalue weighted by Gasteiger charge is 2.29. The zero-order valence-corrected chi connectivity index (χ0v) is 28.0. The van der Waals surface area contributed by atoms with E-state index in [1.165, 1.54) is 4.68 Å². The van der Waals surface area contributed by atoms with Gasteiger partial charge in [-0.05, 0) is 37.7 Å². The SMILES string of the molecule is NCCOCCOCC(=O)NCCCC1C(=O)N[C@@H](CCCN=C(N)N)C(=O)NCC(=O)NCC(=O)N[C@@H](Cc2ccccc2)c2cn1nn2. The number of nitrogens with zero attached hydrogens (tertiary/aromatic N) is 4. The minimum absolute atomic E-state index is 0.111. The number of benzene rings is 1. The van der Waals surface area contributed by atoms with E-state index in [4.69, 9.17) is 26.7 Å². The fourth-order valence-electron chi connectivity index (χ4n) is 4.93. The van der Waals surface area contributed by atoms with Gasteiger partial charge in [0, 0.05) is 19.6 Å². The van der Waals surface area contributed by atoms with E-state index < -0.39 is 48.3 Å². The molecule has 50 heavy (non-hydrogen) atoms. The van der Waals surface area contributed by atoms with Crippen LogP contribution in [0.4, 0.5) is 0 Å². The Morgan fingerprint density at radius 2 is 1.68 bits per heavy atom. The first kappa shape index (κ1) is 39.3. The van der Waals surface area contributed by atoms with Gasteiger partial charge in [0.05, 0.1) is 45.1 Å². The Bertz CT molecular complexity index is 1420. The van der Waals surface area contributed by atoms with E-state index in [1.54, 1.807) is 6.20 Å². The minimum Gasteiger partial charge on any atom is -0.378 e. The molecule has 1 aliphatic rings. The number of aliphatic imine (C=N–C) groups is 1. The molecule has 1 unspecified atom stereocenters. The van der Waals surface area contributed by atoms with Crippen molar-refractivity contribution in [3.05, 3.63) is 47.8 Å². The second kappa shape index (κ2) is 21.8. The number of nitrogens with one attached hydrogen (secondary N) is 5. The van der Waals surface area contributed by atoms with Crippen molar-refractivity contribution >= 4 is 35.5 Å². The van der Waals surface area contributed by atoms with Crippen molar-refractivity contribution in [1.82, 2.24) is 41.6 Å². The first-order valence-corrected chi connectivity index (χ1v) is 16.4. The second-order valence-corrected chi connectivity index (χ2v) is 11.4. The highest BCUT2D eigenvalue weighted by Crippen LogP contribution is 2.20. The predicted octanol–water partition coefficient (Wildman–Crippen LogP) is -3.11. The maximum atomic E-state index is 13.9. The van der Waals surface area contributed by atoms with Gasteiger partial charge in [-0.1, -0.05) is 35.5 Å². The van der Waals surface area contributed by atoms with Crippen LogP contribution in [-0.4, -0.2) is 116 Å². The average molecular weight is 701 g/mol. The van der Waals surface area contributed by atoms with Crippen molar-refractivity contribution in [3.8, 4) is 0 Å². The van der Waals surface area contributed by atoms with Gasteiger partial charge in [-0.15, -0.1) is 5.10 Å². The van der Waals surface area contributed by atoms with Gasteiger partial charge in [0.25, 0.3) is 0 Å². The maximum Gasteiger partial charge on any atom is 0.245 e. The number of amides is 5. The minimum atomic E-state index is -1.05. The van der Waals surface area contributed by atoms with Gasteiger partial charge < -0.3 is 53.3 Å². The molecule has 19 heteroatoms. The Kier molecular flexibility index (Phi) is 17.1. The standard InChI is InChI=1S/C31H48N12O7/c32-10-13-49-14-15-50-20-28(46)35-11-5-9-25-30(48)40-22(8-4-12-36-31(33)34)29(47)38-17-26(44)37-18-27(45)39-23(24-19-43(25)42-41-24)16-21-6-2-1-3-7-21/h1-3,6-7,19,22-23,25H,4-5,8-18,20,32H2,(H,35,46)(H,37,44)(H,38,47)(H,39,45)(H,40,48)(H4,33,34,36)/t22-,23-,25?/m0/s1. The number of fused-ring (bicyclic) bond motifs is 2. The van der Waals surface area contributed by atoms with E-state index in [0.29, 0.717) is 44.7 Å². The Hall–Kier alpha value is -5.14. The zero-order valence-electron chi connectivity index (χ0n) is 28.0. The Balaban J connectivity index is 1.80. The highest BCUT2D eigenvalue weighted by molar-refractivity contribution is 5.92. The molecule has 2 bridgehead atoms. The fourth-order valence-corrected chi connectivity index (χ4v) is 4.93. The lowest BCUT2D eigenvalue weighted by Crippen LogP contribution is -2.51. The molecule has 1 aromatic carbocycles. The van der Waals surface area contributed by atoms with E-state index in [2.05, 4.69) is 41.9 Å². The summed E-state index contributed by atoms with van der Waals surface area (Å²) in [6.45, 7) is 0.864. The smallest absolute Gasteiger partial charge is 0.245 e. The van der Waals surface area contributed by atoms with Crippen molar-refractivity contribution in [2.24, 2.45) is 22.2 Å². The molecule has 0 aliphatic carbocycles. The van der Waals surface area contributed by atoms with Crippen LogP contribution in [-0.2, 0) is 39.9 Å². The molecule has 11 N–H and O–H groups in total. The van der Waals surface area contributed by atoms with Crippen molar-refractivity contribution in [3.63, 3.8) is 0 Å². The molecule has 274 valence electrons. The molecule has 2 aromatic rings. The number of carbonyl (C=O) groups excluding carboxylic acids is 5. The molecule has 3 atom stereocenters. The van der Waals surface area contributed by atoms with Crippen LogP contribution in [0.3, 0.4) is 0 Å². The zero-order chi connectivity index (χ0) is 36.1. The molecule has 0 fully saturated rings. The summed E-state index contributed by atoms with van der Waals surface area (Å²) in [6.07, 6.45) is 2.97. The first-order chi connectivity index (χ1) is 24.2. The van der Waals surface area contributed by atoms with E-state index in [1.807, 2.05) is 30.3 Å². The van der Waals surface area contributed by atoms with E-state index in [-0.39, 0.29) is 57.6 Å². The number of hydrogen-bond acceptors (Lipinski definition) is 11. The van der Waals surface area contributed by atoms with Gasteiger partial charge in [-0.25, -0.2) is 4.68 Å². The van der Waals surface area contributed by atoms with Crippen molar-refractivity contribution in [1.29, 1.82) is 0 Å². The van der Waals surface area contributed by atoms with Crippen LogP contribution in [0.5, 0.6) is 0 Å². The number of rotatable bonds is 17. The van der Waals surface area contributed by atoms with Crippen molar-refractivity contribution in [2.75, 3.05) is 59.2 Å². The molecule has 1 aliphatic heterocycles. The van der Waals surface area contributed by atoms with Gasteiger partial charge in [0.1, 0.15) is 24.4 Å². The van der Waals surface area contributed by atoms with Crippen LogP contribution >= 0.6 is 0 Å². The maximum absolute atomic E-state index is 13.9. The number of guanidine groups is 1. The molecule has 5 amide bonds. The van der Waals surface area contributed by atoms with Gasteiger partial charge in [-0.2, -0.15) is 0 Å². The summed E-state index contributed by atoms with van der Waals surface area (Å²) in [4.78, 5) is 68.6. The highest BCUT2D eigenvalue weighted by atomic mass is 16.5. The van der Waals surface area contributed by atoms with Crippen LogP contribution in [0, 0.1) is 0 Å². The van der Waals surface area contributed by atoms with E-state index in [0.717, 1.165) is 5.56 Å². The van der Waals surface area contributed by atoms with Gasteiger partial charge >= 0.3 is 0 Å². The molecule has 1 aromatic heterocycles. The normalized spacial score (nSPS) is 18.7. The van der Waals surface area contributed by atoms with Crippen LogP contribution in [0.1, 0.15) is 49.0 Å². The Morgan fingerprint density at radius 1 is 0.920 bits per heavy atom. The third-order valence-corrected chi connectivity index (χ3v) is 7.42. The summed E-state index contributed by atoms with van der Waals surface area (Å²) in [7, 11) is 0. The Morgan fingerprint density at radius 3 is 2.44 bits per heavy atom. The van der Waals surface area contributed by atoms with E-state index >= 15 is 0 Å². The summed E-state index contributed by atoms with van der Waals surface area (Å²) >= 11 is 0. The van der Waals surface area contributed by atoms with Crippen LogP contribution < -0.4 is 43.8 Å². The summed E-state index contributed by atoms with van der Waals surface area (Å²) in [5.74, 6) is -2.69. The number of nitrogens with two attached hydrogens (primary N) is 3. The van der Waals surface area contributed by atoms with E-state index in [9.17, 15) is 24.0 Å². The van der Waals surface area contributed by atoms with Gasteiger partial charge in [0.15, 0.2) is 5.96 Å². The topological polar surface area (TPSA) is 285 Å². The molecule has 0 spiro atoms. The van der Waals surface area contributed by atoms with Crippen molar-refractivity contribution < 1.29 is 33.4 Å². The fraction of sp³-hybridized carbons (Fsp3) is 0.548. The third-order valence-electron chi connectivity index (χ3n) is 7.42. The molecule has 0 radical (unpaired) electrons. The number of carbonyl (C=O) groups is 5. The lowest BCUT2D eigenvalue weighted by molar-refractivity contribution is -0.132. The van der Waals surface area contributed by atoms with Crippen LogP contribution in [0.25, 0.3) is 0 Å². The summed E-state index contributed by atoms with van der Waals surface area (Å²) in [5.41, 5.74) is 17.5. The molecule has 0 saturated carbocycles. The molecule has 19 nitrogen and oxygen atoms in total. The van der Waals surface area contributed by atoms with Gasteiger partial charge in [0.2, 0.25) is 29.5 Å². The second-order valence-electron chi connectivity index (χ2n) is 11.4. The summed E-state index contributed by atoms with van der Waals surface area (Å²) in [5, 5.41) is 21.9. The lowest BCUT2D eigenvalue weighted by atomic mass is 10.0. The largest absolute Gasteiger partial charge is 0.378 e. The quantitative estimate of drug-likeness (QED) is 0.0463. The molecular weight excluding hydrogens is 652 g/mol. The summed E-state index contributed by atoms with van der Waals surface area (Å²) < 4.78 is 11.9. The number of aromatic nitrogens is 3. The molecular formula is C31H48N12O7. The van der Waals surface area contributed by atoms with Crippen LogP contribution in [0.2, 0.25) is 0 Å². The third kappa shape index (κ3) is 14.5. The first-order valence-electron chi connectivity index (χ1n) is 16.4. The average Bonchev–Trinajstić information content (AvgIpc) is 3.58.